The van der Waals surface area contributed by atoms with Gasteiger partial charge in [0.2, 0.25) is 11.3 Å². The van der Waals surface area contributed by atoms with E-state index in [-0.39, 0.29) is 63.9 Å². The summed E-state index contributed by atoms with van der Waals surface area (Å²) in [5.41, 5.74) is 8.51. The van der Waals surface area contributed by atoms with Crippen molar-refractivity contribution in [1.29, 1.82) is 0 Å². The van der Waals surface area contributed by atoms with Gasteiger partial charge in [0.05, 0.1) is 17.9 Å². The molecule has 7 heterocycles. The summed E-state index contributed by atoms with van der Waals surface area (Å²) < 4.78 is 11.6. The van der Waals surface area contributed by atoms with E-state index in [1.54, 1.807) is 35.2 Å². The average Bonchev–Trinajstić information content (AvgIpc) is 3.98. The number of furan rings is 1. The van der Waals surface area contributed by atoms with Gasteiger partial charge < -0.3 is 61.0 Å². The van der Waals surface area contributed by atoms with Gasteiger partial charge in [0.15, 0.2) is 35.5 Å². The molecule has 2 fully saturated rings. The van der Waals surface area contributed by atoms with E-state index >= 15 is 0 Å². The molecule has 0 radical (unpaired) electrons. The van der Waals surface area contributed by atoms with E-state index in [4.69, 9.17) is 20.7 Å². The number of ether oxygens (including phenoxy) is 1. The van der Waals surface area contributed by atoms with Crippen LogP contribution in [0.1, 0.15) is 25.3 Å². The number of nitrogens with two attached hydrogens (primary N) is 2. The van der Waals surface area contributed by atoms with Crippen molar-refractivity contribution in [2.24, 2.45) is 16.0 Å². The lowest BCUT2D eigenvalue weighted by atomic mass is 10.0. The molecule has 0 aliphatic carbocycles. The third kappa shape index (κ3) is 10.2. The minimum Gasteiger partial charge on any atom is -0.543 e. The molecule has 5 amide bonds. The topological polar surface area (TPSA) is 365 Å². The number of rotatable bonds is 16. The molecule has 0 unspecified atom stereocenters. The maximum Gasteiger partial charge on any atom is 0.404 e. The summed E-state index contributed by atoms with van der Waals surface area (Å²) in [6.07, 6.45) is 3.84. The first kappa shape index (κ1) is 48.0. The lowest BCUT2D eigenvalue weighted by Crippen LogP contribution is -2.71. The molecule has 28 heteroatoms. The highest BCUT2D eigenvalue weighted by Gasteiger charge is 2.55. The number of carbonyl (C=O) groups is 8. The van der Waals surface area contributed by atoms with E-state index < -0.39 is 76.1 Å². The number of anilines is 1. The lowest BCUT2D eigenvalue weighted by molar-refractivity contribution is -0.689. The number of aromatic nitrogens is 2. The van der Waals surface area contributed by atoms with E-state index in [9.17, 15) is 53.7 Å². The summed E-state index contributed by atoms with van der Waals surface area (Å²) in [6.45, 7) is 2.40. The van der Waals surface area contributed by atoms with Crippen LogP contribution in [0, 0.1) is 0 Å². The molecule has 4 aliphatic rings. The molecule has 2 saturated heterocycles. The number of thiazole rings is 1. The maximum absolute atomic E-state index is 13.1. The fourth-order valence-electron chi connectivity index (χ4n) is 6.43. The number of oxime groups is 2. The molecule has 66 heavy (non-hydrogen) atoms. The van der Waals surface area contributed by atoms with Crippen molar-refractivity contribution < 1.29 is 77.1 Å². The molecule has 3 aromatic heterocycles. The second-order valence-corrected chi connectivity index (χ2v) is 17.5. The van der Waals surface area contributed by atoms with Crippen molar-refractivity contribution in [2.45, 2.75) is 48.8 Å². The van der Waals surface area contributed by atoms with Gasteiger partial charge in [-0.25, -0.2) is 23.9 Å². The highest BCUT2D eigenvalue weighted by Crippen LogP contribution is 2.41. The van der Waals surface area contributed by atoms with Gasteiger partial charge in [-0.3, -0.25) is 29.0 Å². The number of hydrogen-bond donors (Lipinski definition) is 6. The lowest BCUT2D eigenvalue weighted by Gasteiger charge is -2.50. The first-order valence-electron chi connectivity index (χ1n) is 19.0. The zero-order chi connectivity index (χ0) is 48.0. The van der Waals surface area contributed by atoms with Crippen LogP contribution < -0.4 is 31.8 Å². The number of nitrogens with one attached hydrogen (secondary N) is 2. The molecule has 25 nitrogen and oxygen atoms in total. The predicted molar refractivity (Wildman–Crippen MR) is 227 cm³/mol. The van der Waals surface area contributed by atoms with Crippen LogP contribution in [0.4, 0.5) is 9.93 Å². The molecule has 348 valence electrons. The van der Waals surface area contributed by atoms with Gasteiger partial charge in [-0.15, -0.1) is 34.9 Å². The average molecular weight is 971 g/mol. The number of thioether (sulfide) groups is 2. The molecule has 0 aromatic carbocycles. The Morgan fingerprint density at radius 3 is 2.06 bits per heavy atom. The number of primary amides is 1. The third-order valence-electron chi connectivity index (χ3n) is 9.62. The van der Waals surface area contributed by atoms with Crippen molar-refractivity contribution in [3.8, 4) is 0 Å². The number of hydrogen-bond acceptors (Lipinski definition) is 20. The summed E-state index contributed by atoms with van der Waals surface area (Å²) in [4.78, 5) is 113. The smallest absolute Gasteiger partial charge is 0.404 e. The van der Waals surface area contributed by atoms with E-state index in [1.165, 1.54) is 62.2 Å². The predicted octanol–water partition coefficient (Wildman–Crippen LogP) is -1.84. The van der Waals surface area contributed by atoms with Gasteiger partial charge in [-0.2, -0.15) is 0 Å². The number of nitrogens with zero attached hydrogens (tertiary/aromatic N) is 6. The second kappa shape index (κ2) is 20.2. The Morgan fingerprint density at radius 2 is 1.55 bits per heavy atom. The van der Waals surface area contributed by atoms with Crippen molar-refractivity contribution in [3.05, 3.63) is 88.4 Å². The van der Waals surface area contributed by atoms with Crippen molar-refractivity contribution in [1.82, 2.24) is 25.4 Å². The zero-order valence-corrected chi connectivity index (χ0v) is 37.0. The molecular weight excluding hydrogens is 933 g/mol. The summed E-state index contributed by atoms with van der Waals surface area (Å²) in [7, 11) is 1.25. The number of β-lactam (4-membered cyclic amide) rings is 2. The Bertz CT molecular complexity index is 2580. The number of fused-ring (bicyclic) bond motifs is 2. The molecule has 3 aromatic rings. The summed E-state index contributed by atoms with van der Waals surface area (Å²) in [5, 5.41) is 43.4. The van der Waals surface area contributed by atoms with Gasteiger partial charge in [0.1, 0.15) is 47.9 Å². The molecular formula is C38H38N10O15S3. The molecule has 7 rings (SSSR count). The number of carboxylic acids is 3. The standard InChI is InChI=1S/C22H22N6O7S2.C16H16N4O8S/c1-22(2,20(33)34)35-26-13(12-10-37-21(23)24-12)16(29)25-14-17(30)28-15(19(31)32)11(9-36-18(14)28)8-27-6-4-3-5-7-27;1-26-19-9(8-3-2-4-27-8)12(21)18-10-13(22)20-11(15(23)24)7(5-28-16(17)25)6-29-14(10)20/h3-7,10,14,18H,8-9H2,1-2H3,(H4-,23,24,25,29,31,32,33,34);2-4,10,14H,5-6H2,1H3,(H2,17,25)(H,18,21)(H,23,24)/b26-13-;19-9+/t14-,18-;10-,14-/m11/s1. The Labute approximate surface area is 384 Å². The highest BCUT2D eigenvalue weighted by atomic mass is 32.2. The Hall–Kier alpha value is -7.46. The molecule has 0 spiro atoms. The van der Waals surface area contributed by atoms with Crippen LogP contribution in [-0.2, 0) is 54.5 Å². The number of aliphatic carboxylic acids is 3. The summed E-state index contributed by atoms with van der Waals surface area (Å²) in [6, 6.07) is 6.44. The maximum atomic E-state index is 13.1. The Kier molecular flexibility index (Phi) is 14.7. The van der Waals surface area contributed by atoms with Gasteiger partial charge in [0, 0.05) is 40.2 Å². The molecule has 0 bridgehead atoms. The van der Waals surface area contributed by atoms with Crippen molar-refractivity contribution >= 4 is 99.0 Å². The number of carboxylic acid groups (broad SMARTS) is 3. The molecule has 0 saturated carbocycles. The van der Waals surface area contributed by atoms with E-state index in [1.807, 2.05) is 6.07 Å². The Balaban J connectivity index is 0.000000225. The van der Waals surface area contributed by atoms with Gasteiger partial charge in [0.25, 0.3) is 23.6 Å². The zero-order valence-electron chi connectivity index (χ0n) is 34.6. The van der Waals surface area contributed by atoms with Crippen LogP contribution in [0.25, 0.3) is 0 Å². The quantitative estimate of drug-likeness (QED) is 0.0398. The van der Waals surface area contributed by atoms with Crippen LogP contribution in [0.5, 0.6) is 0 Å². The van der Waals surface area contributed by atoms with Crippen molar-refractivity contribution in [3.63, 3.8) is 0 Å². The fourth-order valence-corrected chi connectivity index (χ4v) is 9.64. The molecule has 4 atom stereocenters. The molecule has 8 N–H and O–H groups in total. The fraction of sp³-hybridized carbons (Fsp3) is 0.316. The summed E-state index contributed by atoms with van der Waals surface area (Å²) in [5.74, 6) is -6.39. The normalized spacial score (nSPS) is 20.3. The number of amides is 5. The molecule has 4 aliphatic heterocycles. The highest BCUT2D eigenvalue weighted by molar-refractivity contribution is 8.00. The minimum atomic E-state index is -1.75. The van der Waals surface area contributed by atoms with Crippen LogP contribution >= 0.6 is 34.9 Å². The van der Waals surface area contributed by atoms with Gasteiger partial charge in [-0.05, 0) is 26.0 Å². The van der Waals surface area contributed by atoms with Gasteiger partial charge >= 0.3 is 18.0 Å². The second-order valence-electron chi connectivity index (χ2n) is 14.4. The number of carbonyl (C=O) groups excluding carboxylic acids is 6. The minimum absolute atomic E-state index is 0.0265. The first-order chi connectivity index (χ1) is 31.3. The van der Waals surface area contributed by atoms with Crippen LogP contribution in [0.2, 0.25) is 0 Å². The monoisotopic (exact) mass is 970 g/mol. The van der Waals surface area contributed by atoms with Crippen molar-refractivity contribution in [2.75, 3.05) is 31.0 Å². The first-order valence-corrected chi connectivity index (χ1v) is 21.9. The van der Waals surface area contributed by atoms with E-state index in [0.29, 0.717) is 11.3 Å². The largest absolute Gasteiger partial charge is 0.543 e. The van der Waals surface area contributed by atoms with E-state index in [0.717, 1.165) is 21.1 Å². The van der Waals surface area contributed by atoms with Crippen LogP contribution in [0.3, 0.4) is 0 Å². The number of nitrogen functional groups attached to an aromatic ring is 1. The SMILES string of the molecule is CC(C)(O/N=C(\C(=O)N[C@@H]1C(=O)N2C(C(=O)[O-])=C(C[n+]3ccccc3)CS[C@H]12)c1csc(N)n1)C(=O)O.CO/N=C(/C(=O)N[C@@H]1C(=O)N2C(C(=O)O)=C(COC(N)=O)CS[C@H]12)c1ccco1. The van der Waals surface area contributed by atoms with Crippen LogP contribution in [0.15, 0.2) is 91.6 Å². The van der Waals surface area contributed by atoms with Crippen LogP contribution in [-0.4, -0.2) is 138 Å². The summed E-state index contributed by atoms with van der Waals surface area (Å²) >= 11 is 3.53. The number of pyridine rings is 1. The third-order valence-corrected chi connectivity index (χ3v) is 13.0. The Morgan fingerprint density at radius 1 is 0.939 bits per heavy atom. The van der Waals surface area contributed by atoms with Gasteiger partial charge in [-0.1, -0.05) is 16.4 Å². The van der Waals surface area contributed by atoms with E-state index in [2.05, 4.69) is 35.5 Å².